The Morgan fingerprint density at radius 1 is 0.929 bits per heavy atom. The summed E-state index contributed by atoms with van der Waals surface area (Å²) in [5, 5.41) is 12.9. The minimum Gasteiger partial charge on any atom is -0.277 e. The van der Waals surface area contributed by atoms with Crippen LogP contribution in [0.25, 0.3) is 44.5 Å². The first-order valence-corrected chi connectivity index (χ1v) is 9.05. The lowest BCUT2D eigenvalue weighted by molar-refractivity contribution is 0.768. The maximum atomic E-state index is 4.62. The van der Waals surface area contributed by atoms with Crippen molar-refractivity contribution in [3.8, 4) is 33.6 Å². The van der Waals surface area contributed by atoms with E-state index in [1.54, 1.807) is 11.0 Å². The molecule has 2 aromatic carbocycles. The Morgan fingerprint density at radius 2 is 1.79 bits per heavy atom. The van der Waals surface area contributed by atoms with Crippen LogP contribution in [0.3, 0.4) is 0 Å². The second-order valence-electron chi connectivity index (χ2n) is 6.78. The third kappa shape index (κ3) is 2.66. The molecule has 0 fully saturated rings. The van der Waals surface area contributed by atoms with Crippen molar-refractivity contribution in [3.63, 3.8) is 0 Å². The fraction of sp³-hybridized carbons (Fsp3) is 0.0909. The number of benzene rings is 2. The molecule has 0 saturated heterocycles. The lowest BCUT2D eigenvalue weighted by Gasteiger charge is -2.08. The average molecular weight is 366 g/mol. The van der Waals surface area contributed by atoms with Crippen LogP contribution in [0.1, 0.15) is 5.69 Å². The molecular weight excluding hydrogens is 348 g/mol. The van der Waals surface area contributed by atoms with Gasteiger partial charge in [-0.05, 0) is 24.6 Å². The molecule has 0 atom stereocenters. The normalized spacial score (nSPS) is 11.2. The van der Waals surface area contributed by atoms with Crippen molar-refractivity contribution in [1.29, 1.82) is 0 Å². The van der Waals surface area contributed by atoms with E-state index in [0.717, 1.165) is 50.2 Å². The van der Waals surface area contributed by atoms with Gasteiger partial charge in [-0.25, -0.2) is 9.97 Å². The van der Waals surface area contributed by atoms with E-state index in [9.17, 15) is 0 Å². The third-order valence-corrected chi connectivity index (χ3v) is 4.92. The highest BCUT2D eigenvalue weighted by Crippen LogP contribution is 2.36. The van der Waals surface area contributed by atoms with Crippen LogP contribution in [0.2, 0.25) is 0 Å². The van der Waals surface area contributed by atoms with Crippen LogP contribution >= 0.6 is 0 Å². The number of hydrogen-bond donors (Lipinski definition) is 1. The van der Waals surface area contributed by atoms with E-state index < -0.39 is 0 Å². The number of nitrogens with one attached hydrogen (secondary N) is 1. The van der Waals surface area contributed by atoms with Crippen molar-refractivity contribution in [3.05, 3.63) is 72.9 Å². The van der Waals surface area contributed by atoms with Gasteiger partial charge in [-0.3, -0.25) is 9.78 Å². The number of hydrogen-bond acceptors (Lipinski definition) is 4. The van der Waals surface area contributed by atoms with Gasteiger partial charge in [0.15, 0.2) is 0 Å². The molecule has 6 nitrogen and oxygen atoms in total. The molecule has 1 N–H and O–H groups in total. The number of fused-ring (bicyclic) bond motifs is 1. The Hall–Kier alpha value is -3.80. The fourth-order valence-electron chi connectivity index (χ4n) is 3.54. The number of aromatic nitrogens is 6. The first-order chi connectivity index (χ1) is 13.7. The van der Waals surface area contributed by atoms with Crippen LogP contribution in [-0.2, 0) is 7.05 Å². The Balaban J connectivity index is 1.70. The zero-order valence-electron chi connectivity index (χ0n) is 15.6. The monoisotopic (exact) mass is 366 g/mol. The van der Waals surface area contributed by atoms with Gasteiger partial charge in [-0.2, -0.15) is 10.2 Å². The van der Waals surface area contributed by atoms with Crippen LogP contribution in [0.4, 0.5) is 0 Å². The summed E-state index contributed by atoms with van der Waals surface area (Å²) in [6.07, 6.45) is 5.47. The Bertz CT molecular complexity index is 1280. The Kier molecular flexibility index (Phi) is 3.76. The standard InChI is InChI=1S/C22H18N6/c1-14-20(21(27-26-14)15-6-4-3-5-7-15)22-18-9-8-16(10-19(18)23-13-24-22)17-11-25-28(2)12-17/h3-13H,1-2H3,(H,26,27). The van der Waals surface area contributed by atoms with Crippen LogP contribution in [0.15, 0.2) is 67.3 Å². The number of H-pyrrole nitrogens is 1. The zero-order valence-corrected chi connectivity index (χ0v) is 15.6. The minimum absolute atomic E-state index is 0.882. The second kappa shape index (κ2) is 6.42. The minimum atomic E-state index is 0.882. The third-order valence-electron chi connectivity index (χ3n) is 4.92. The number of aryl methyl sites for hydroxylation is 2. The summed E-state index contributed by atoms with van der Waals surface area (Å²) in [7, 11) is 1.91. The van der Waals surface area contributed by atoms with E-state index in [0.29, 0.717) is 0 Å². The van der Waals surface area contributed by atoms with E-state index in [4.69, 9.17) is 0 Å². The van der Waals surface area contributed by atoms with Crippen molar-refractivity contribution in [2.75, 3.05) is 0 Å². The van der Waals surface area contributed by atoms with Gasteiger partial charge in [-0.15, -0.1) is 0 Å². The molecule has 6 heteroatoms. The SMILES string of the molecule is Cc1n[nH]c(-c2ccccc2)c1-c1ncnc2cc(-c3cnn(C)c3)ccc12. The molecule has 3 aromatic heterocycles. The summed E-state index contributed by atoms with van der Waals surface area (Å²) in [5.74, 6) is 0. The molecular formula is C22H18N6. The van der Waals surface area contributed by atoms with Gasteiger partial charge in [0.05, 0.1) is 28.8 Å². The second-order valence-corrected chi connectivity index (χ2v) is 6.78. The van der Waals surface area contributed by atoms with Crippen molar-refractivity contribution >= 4 is 10.9 Å². The Labute approximate surface area is 161 Å². The topological polar surface area (TPSA) is 72.3 Å². The Morgan fingerprint density at radius 3 is 2.57 bits per heavy atom. The molecule has 0 spiro atoms. The molecule has 28 heavy (non-hydrogen) atoms. The van der Waals surface area contributed by atoms with E-state index in [1.165, 1.54) is 0 Å². The van der Waals surface area contributed by atoms with Crippen LogP contribution in [-0.4, -0.2) is 29.9 Å². The molecule has 0 saturated carbocycles. The molecule has 0 amide bonds. The molecule has 5 rings (SSSR count). The first kappa shape index (κ1) is 16.4. The lowest BCUT2D eigenvalue weighted by Crippen LogP contribution is -1.92. The molecule has 0 aliphatic rings. The molecule has 3 heterocycles. The van der Waals surface area contributed by atoms with Gasteiger partial charge in [0.2, 0.25) is 0 Å². The van der Waals surface area contributed by atoms with Crippen molar-refractivity contribution in [2.45, 2.75) is 6.92 Å². The quantitative estimate of drug-likeness (QED) is 0.514. The maximum Gasteiger partial charge on any atom is 0.116 e. The maximum absolute atomic E-state index is 4.62. The van der Waals surface area contributed by atoms with Gasteiger partial charge < -0.3 is 0 Å². The predicted molar refractivity (Wildman–Crippen MR) is 109 cm³/mol. The predicted octanol–water partition coefficient (Wildman–Crippen LogP) is 4.40. The van der Waals surface area contributed by atoms with Gasteiger partial charge in [0.1, 0.15) is 6.33 Å². The van der Waals surface area contributed by atoms with E-state index in [2.05, 4.69) is 55.6 Å². The first-order valence-electron chi connectivity index (χ1n) is 9.05. The van der Waals surface area contributed by atoms with Gasteiger partial charge in [-0.1, -0.05) is 36.4 Å². The molecule has 136 valence electrons. The van der Waals surface area contributed by atoms with Crippen molar-refractivity contribution < 1.29 is 0 Å². The van der Waals surface area contributed by atoms with E-state index in [-0.39, 0.29) is 0 Å². The molecule has 0 aliphatic heterocycles. The molecule has 0 aliphatic carbocycles. The lowest BCUT2D eigenvalue weighted by atomic mass is 9.99. The highest BCUT2D eigenvalue weighted by molar-refractivity contribution is 5.98. The summed E-state index contributed by atoms with van der Waals surface area (Å²) in [5.41, 5.74) is 7.89. The average Bonchev–Trinajstić information content (AvgIpc) is 3.33. The smallest absolute Gasteiger partial charge is 0.116 e. The van der Waals surface area contributed by atoms with Gasteiger partial charge >= 0.3 is 0 Å². The molecule has 5 aromatic rings. The van der Waals surface area contributed by atoms with E-state index >= 15 is 0 Å². The summed E-state index contributed by atoms with van der Waals surface area (Å²) in [6.45, 7) is 2.00. The number of nitrogens with zero attached hydrogens (tertiary/aromatic N) is 5. The summed E-state index contributed by atoms with van der Waals surface area (Å²) >= 11 is 0. The molecule has 0 radical (unpaired) electrons. The van der Waals surface area contributed by atoms with Crippen LogP contribution in [0.5, 0.6) is 0 Å². The highest BCUT2D eigenvalue weighted by atomic mass is 15.2. The van der Waals surface area contributed by atoms with Crippen LogP contribution < -0.4 is 0 Å². The zero-order chi connectivity index (χ0) is 19.1. The highest BCUT2D eigenvalue weighted by Gasteiger charge is 2.18. The molecule has 0 unspecified atom stereocenters. The largest absolute Gasteiger partial charge is 0.277 e. The molecule has 0 bridgehead atoms. The van der Waals surface area contributed by atoms with Gasteiger partial charge in [0, 0.05) is 35.3 Å². The summed E-state index contributed by atoms with van der Waals surface area (Å²) < 4.78 is 1.80. The van der Waals surface area contributed by atoms with Crippen molar-refractivity contribution in [2.24, 2.45) is 7.05 Å². The summed E-state index contributed by atoms with van der Waals surface area (Å²) in [6, 6.07) is 16.4. The van der Waals surface area contributed by atoms with E-state index in [1.807, 2.05) is 44.6 Å². The van der Waals surface area contributed by atoms with Gasteiger partial charge in [0.25, 0.3) is 0 Å². The summed E-state index contributed by atoms with van der Waals surface area (Å²) in [4.78, 5) is 9.12. The van der Waals surface area contributed by atoms with Crippen molar-refractivity contribution in [1.82, 2.24) is 29.9 Å². The number of aromatic amines is 1. The fourth-order valence-corrected chi connectivity index (χ4v) is 3.54. The number of rotatable bonds is 3. The van der Waals surface area contributed by atoms with Crippen LogP contribution in [0, 0.1) is 6.92 Å².